The summed E-state index contributed by atoms with van der Waals surface area (Å²) in [5.74, 6) is 1.56. The number of amides is 1. The number of benzene rings is 2. The summed E-state index contributed by atoms with van der Waals surface area (Å²) in [5.41, 5.74) is 3.61. The van der Waals surface area contributed by atoms with Gasteiger partial charge < -0.3 is 9.64 Å². The number of nitrogens with zero attached hydrogens (tertiary/aromatic N) is 1. The molecule has 4 aliphatic rings. The van der Waals surface area contributed by atoms with E-state index >= 15 is 0 Å². The van der Waals surface area contributed by atoms with E-state index in [1.165, 1.54) is 24.0 Å². The minimum absolute atomic E-state index is 0.116. The Labute approximate surface area is 249 Å². The van der Waals surface area contributed by atoms with Crippen LogP contribution in [0.5, 0.6) is 5.75 Å². The molecule has 2 aliphatic heterocycles. The Bertz CT molecular complexity index is 1470. The van der Waals surface area contributed by atoms with E-state index in [4.69, 9.17) is 16.3 Å². The van der Waals surface area contributed by atoms with Crippen LogP contribution in [0.1, 0.15) is 74.4 Å². The number of carbonyl (C=O) groups is 1. The van der Waals surface area contributed by atoms with Crippen molar-refractivity contribution in [1.29, 1.82) is 0 Å². The second kappa shape index (κ2) is 11.0. The molecule has 1 unspecified atom stereocenters. The minimum atomic E-state index is -3.85. The van der Waals surface area contributed by atoms with Crippen LogP contribution >= 0.6 is 11.6 Å². The molecule has 6 rings (SSSR count). The highest BCUT2D eigenvalue weighted by atomic mass is 35.5. The van der Waals surface area contributed by atoms with Gasteiger partial charge in [0, 0.05) is 29.1 Å². The molecule has 2 aromatic rings. The molecule has 6 atom stereocenters. The van der Waals surface area contributed by atoms with E-state index in [1.54, 1.807) is 13.0 Å². The lowest BCUT2D eigenvalue weighted by Gasteiger charge is -2.46. The van der Waals surface area contributed by atoms with Crippen molar-refractivity contribution in [2.24, 2.45) is 23.7 Å². The standard InChI is InChI=1S/C33H41ClN2O4S/c1-21-6-4-7-22(2)28-12-9-26(28)18-36-19-33(15-5-8-24-16-27(34)11-13-29(24)33)20-40-31-14-10-25(17-30(31)36)32(37)35-41(38,39)23(21)3/h4,7,10-11,13-14,16-17,21-23,26,28H,5-6,8-9,12,15,18-20H2,1-3H3,(H,35,37)/b7-4+/t21-,22-,23+,26?,28-,33-/m0/s1. The number of allylic oxidation sites excluding steroid dienone is 2. The van der Waals surface area contributed by atoms with Crippen LogP contribution in [0, 0.1) is 23.7 Å². The first-order valence-corrected chi connectivity index (χ1v) is 17.0. The molecular weight excluding hydrogens is 556 g/mol. The molecule has 2 aliphatic carbocycles. The van der Waals surface area contributed by atoms with Gasteiger partial charge >= 0.3 is 0 Å². The Morgan fingerprint density at radius 1 is 1.10 bits per heavy atom. The van der Waals surface area contributed by atoms with Gasteiger partial charge in [0.15, 0.2) is 0 Å². The summed E-state index contributed by atoms with van der Waals surface area (Å²) >= 11 is 6.40. The van der Waals surface area contributed by atoms with Crippen LogP contribution in [-0.4, -0.2) is 39.3 Å². The van der Waals surface area contributed by atoms with Crippen LogP contribution in [0.3, 0.4) is 0 Å². The Morgan fingerprint density at radius 2 is 1.93 bits per heavy atom. The molecule has 1 amide bonds. The van der Waals surface area contributed by atoms with E-state index < -0.39 is 21.2 Å². The number of hydrogen-bond acceptors (Lipinski definition) is 5. The van der Waals surface area contributed by atoms with Crippen molar-refractivity contribution in [3.8, 4) is 5.75 Å². The lowest BCUT2D eigenvalue weighted by molar-refractivity contribution is 0.0981. The van der Waals surface area contributed by atoms with Crippen LogP contribution in [0.2, 0.25) is 5.02 Å². The van der Waals surface area contributed by atoms with Crippen molar-refractivity contribution in [2.45, 2.75) is 70.0 Å². The molecular formula is C33H41ClN2O4S. The third-order valence-electron chi connectivity index (χ3n) is 10.4. The summed E-state index contributed by atoms with van der Waals surface area (Å²) in [5, 5.41) is 0.0634. The normalized spacial score (nSPS) is 33.8. The molecule has 220 valence electrons. The molecule has 2 bridgehead atoms. The third kappa shape index (κ3) is 5.40. The number of aryl methyl sites for hydroxylation is 1. The molecule has 1 spiro atoms. The third-order valence-corrected chi connectivity index (χ3v) is 12.5. The van der Waals surface area contributed by atoms with Crippen molar-refractivity contribution in [1.82, 2.24) is 4.72 Å². The van der Waals surface area contributed by atoms with Crippen molar-refractivity contribution >= 4 is 33.2 Å². The maximum atomic E-state index is 13.3. The molecule has 2 heterocycles. The van der Waals surface area contributed by atoms with Crippen molar-refractivity contribution in [2.75, 3.05) is 24.6 Å². The number of halogens is 1. The number of sulfonamides is 1. The second-order valence-corrected chi connectivity index (χ2v) is 15.4. The van der Waals surface area contributed by atoms with Gasteiger partial charge in [0.1, 0.15) is 5.75 Å². The van der Waals surface area contributed by atoms with Gasteiger partial charge in [-0.3, -0.25) is 4.79 Å². The van der Waals surface area contributed by atoms with Crippen LogP contribution in [-0.2, 0) is 21.9 Å². The molecule has 41 heavy (non-hydrogen) atoms. The van der Waals surface area contributed by atoms with E-state index in [-0.39, 0.29) is 11.3 Å². The fourth-order valence-electron chi connectivity index (χ4n) is 7.48. The number of rotatable bonds is 0. The zero-order valence-corrected chi connectivity index (χ0v) is 25.8. The first kappa shape index (κ1) is 28.6. The van der Waals surface area contributed by atoms with Crippen LogP contribution in [0.25, 0.3) is 0 Å². The average molecular weight is 597 g/mol. The van der Waals surface area contributed by atoms with Gasteiger partial charge in [-0.25, -0.2) is 13.1 Å². The molecule has 1 saturated carbocycles. The number of anilines is 1. The number of nitrogens with one attached hydrogen (secondary N) is 1. The van der Waals surface area contributed by atoms with Gasteiger partial charge in [-0.2, -0.15) is 0 Å². The smallest absolute Gasteiger partial charge is 0.264 e. The molecule has 6 nitrogen and oxygen atoms in total. The van der Waals surface area contributed by atoms with Crippen molar-refractivity contribution in [3.63, 3.8) is 0 Å². The topological polar surface area (TPSA) is 75.7 Å². The van der Waals surface area contributed by atoms with Crippen molar-refractivity contribution < 1.29 is 17.9 Å². The fraction of sp³-hybridized carbons (Fsp3) is 0.545. The highest BCUT2D eigenvalue weighted by Crippen LogP contribution is 2.47. The number of ether oxygens (including phenoxy) is 1. The zero-order valence-electron chi connectivity index (χ0n) is 24.2. The van der Waals surface area contributed by atoms with Gasteiger partial charge in [-0.1, -0.05) is 43.7 Å². The summed E-state index contributed by atoms with van der Waals surface area (Å²) in [6, 6.07) is 11.6. The van der Waals surface area contributed by atoms with E-state index in [9.17, 15) is 13.2 Å². The van der Waals surface area contributed by atoms with E-state index in [0.29, 0.717) is 36.3 Å². The number of carbonyl (C=O) groups excluding carboxylic acids is 1. The van der Waals surface area contributed by atoms with Crippen LogP contribution < -0.4 is 14.4 Å². The Morgan fingerprint density at radius 3 is 2.71 bits per heavy atom. The molecule has 0 saturated heterocycles. The van der Waals surface area contributed by atoms with Crippen LogP contribution in [0.4, 0.5) is 5.69 Å². The quantitative estimate of drug-likeness (QED) is 0.351. The van der Waals surface area contributed by atoms with E-state index in [2.05, 4.69) is 40.8 Å². The molecule has 2 aromatic carbocycles. The maximum absolute atomic E-state index is 13.3. The van der Waals surface area contributed by atoms with Crippen LogP contribution in [0.15, 0.2) is 48.6 Å². The number of hydrogen-bond donors (Lipinski definition) is 1. The van der Waals surface area contributed by atoms with Gasteiger partial charge in [0.25, 0.3) is 5.91 Å². The highest BCUT2D eigenvalue weighted by molar-refractivity contribution is 7.90. The monoisotopic (exact) mass is 596 g/mol. The van der Waals surface area contributed by atoms with E-state index in [0.717, 1.165) is 48.8 Å². The largest absolute Gasteiger partial charge is 0.490 e. The summed E-state index contributed by atoms with van der Waals surface area (Å²) in [6.07, 6.45) is 10.5. The SMILES string of the molecule is C[C@@H]1[C@@H](C)C/C=C/[C@H](C)[C@@H]2CCC2CN2C[C@@]3(CCCc4cc(Cl)ccc43)COc3ccc(cc32)C(=O)NS1(=O)=O. The lowest BCUT2D eigenvalue weighted by atomic mass is 9.66. The lowest BCUT2D eigenvalue weighted by Crippen LogP contribution is -2.49. The molecule has 8 heteroatoms. The van der Waals surface area contributed by atoms with Gasteiger partial charge in [0.05, 0.1) is 17.5 Å². The van der Waals surface area contributed by atoms with Crippen molar-refractivity contribution in [3.05, 3.63) is 70.3 Å². The summed E-state index contributed by atoms with van der Waals surface area (Å²) in [7, 11) is -3.85. The second-order valence-electron chi connectivity index (χ2n) is 13.0. The first-order valence-electron chi connectivity index (χ1n) is 15.1. The Balaban J connectivity index is 1.42. The molecule has 1 N–H and O–H groups in total. The summed E-state index contributed by atoms with van der Waals surface area (Å²) < 4.78 is 35.3. The Hall–Kier alpha value is -2.51. The molecule has 0 radical (unpaired) electrons. The first-order chi connectivity index (χ1) is 19.6. The highest BCUT2D eigenvalue weighted by Gasteiger charge is 2.44. The maximum Gasteiger partial charge on any atom is 0.264 e. The van der Waals surface area contributed by atoms with Gasteiger partial charge in [-0.05, 0) is 111 Å². The van der Waals surface area contributed by atoms with E-state index in [1.807, 2.05) is 25.1 Å². The van der Waals surface area contributed by atoms with Gasteiger partial charge in [0.2, 0.25) is 10.0 Å². The summed E-state index contributed by atoms with van der Waals surface area (Å²) in [6.45, 7) is 8.11. The minimum Gasteiger partial charge on any atom is -0.490 e. The predicted octanol–water partition coefficient (Wildman–Crippen LogP) is 6.52. The Kier molecular flexibility index (Phi) is 7.65. The zero-order chi connectivity index (χ0) is 28.9. The molecule has 0 aromatic heterocycles. The van der Waals surface area contributed by atoms with Gasteiger partial charge in [-0.15, -0.1) is 0 Å². The fourth-order valence-corrected chi connectivity index (χ4v) is 8.96. The summed E-state index contributed by atoms with van der Waals surface area (Å²) in [4.78, 5) is 15.8. The number of fused-ring (bicyclic) bond motifs is 4. The predicted molar refractivity (Wildman–Crippen MR) is 164 cm³/mol. The molecule has 1 fully saturated rings. The average Bonchev–Trinajstić information content (AvgIpc) is 3.06.